The number of nitrogens with zero attached hydrogens (tertiary/aromatic N) is 2. The van der Waals surface area contributed by atoms with Gasteiger partial charge in [-0.3, -0.25) is 13.9 Å². The quantitative estimate of drug-likeness (QED) is 0.274. The SMILES string of the molecule is CC[C@H](C)NC(=O)[C@H](Cc1ccccc1)N(Cc1cccc(Cl)c1)C(=O)CCCN(c1ccccc1)S(C)(=O)=O. The van der Waals surface area contributed by atoms with Crippen LogP contribution in [0.25, 0.3) is 0 Å². The van der Waals surface area contributed by atoms with E-state index in [0.717, 1.165) is 23.8 Å². The van der Waals surface area contributed by atoms with Gasteiger partial charge in [0.15, 0.2) is 0 Å². The minimum Gasteiger partial charge on any atom is -0.352 e. The van der Waals surface area contributed by atoms with E-state index in [-0.39, 0.29) is 43.8 Å². The Labute approximate surface area is 243 Å². The lowest BCUT2D eigenvalue weighted by Gasteiger charge is -2.32. The Balaban J connectivity index is 1.88. The van der Waals surface area contributed by atoms with Crippen molar-refractivity contribution in [3.05, 3.63) is 101 Å². The third-order valence-electron chi connectivity index (χ3n) is 6.71. The van der Waals surface area contributed by atoms with Crippen LogP contribution in [0.2, 0.25) is 5.02 Å². The first kappa shape index (κ1) is 31.2. The molecular weight excluding hydrogens is 546 g/mol. The van der Waals surface area contributed by atoms with Crippen LogP contribution in [0.1, 0.15) is 44.2 Å². The first-order valence-electron chi connectivity index (χ1n) is 13.5. The van der Waals surface area contributed by atoms with Crippen molar-refractivity contribution in [2.24, 2.45) is 0 Å². The molecule has 0 radical (unpaired) electrons. The van der Waals surface area contributed by atoms with Gasteiger partial charge in [-0.25, -0.2) is 8.42 Å². The molecule has 214 valence electrons. The van der Waals surface area contributed by atoms with E-state index in [1.807, 2.05) is 62.4 Å². The molecule has 3 aromatic rings. The van der Waals surface area contributed by atoms with E-state index in [1.54, 1.807) is 41.3 Å². The van der Waals surface area contributed by atoms with Crippen molar-refractivity contribution in [2.75, 3.05) is 17.1 Å². The number of carbonyl (C=O) groups is 2. The monoisotopic (exact) mass is 583 g/mol. The molecule has 3 rings (SSSR count). The minimum absolute atomic E-state index is 0.0527. The van der Waals surface area contributed by atoms with E-state index in [9.17, 15) is 18.0 Å². The largest absolute Gasteiger partial charge is 0.352 e. The van der Waals surface area contributed by atoms with Crippen LogP contribution in [-0.2, 0) is 32.6 Å². The van der Waals surface area contributed by atoms with Gasteiger partial charge < -0.3 is 10.2 Å². The van der Waals surface area contributed by atoms with Crippen molar-refractivity contribution in [2.45, 2.75) is 58.2 Å². The van der Waals surface area contributed by atoms with E-state index in [1.165, 1.54) is 4.31 Å². The number of hydrogen-bond donors (Lipinski definition) is 1. The summed E-state index contributed by atoms with van der Waals surface area (Å²) in [6.07, 6.45) is 2.61. The van der Waals surface area contributed by atoms with Crippen LogP contribution in [-0.4, -0.2) is 50.0 Å². The molecule has 3 aromatic carbocycles. The maximum Gasteiger partial charge on any atom is 0.243 e. The average molecular weight is 584 g/mol. The Morgan fingerprint density at radius 3 is 2.15 bits per heavy atom. The van der Waals surface area contributed by atoms with Crippen LogP contribution in [0.5, 0.6) is 0 Å². The van der Waals surface area contributed by atoms with Crippen molar-refractivity contribution < 1.29 is 18.0 Å². The van der Waals surface area contributed by atoms with Gasteiger partial charge in [-0.1, -0.05) is 79.2 Å². The first-order chi connectivity index (χ1) is 19.1. The number of carbonyl (C=O) groups excluding carboxylic acids is 2. The summed E-state index contributed by atoms with van der Waals surface area (Å²) in [5.41, 5.74) is 2.28. The Morgan fingerprint density at radius 2 is 1.55 bits per heavy atom. The zero-order valence-corrected chi connectivity index (χ0v) is 24.9. The molecule has 0 unspecified atom stereocenters. The molecule has 1 N–H and O–H groups in total. The maximum absolute atomic E-state index is 13.8. The van der Waals surface area contributed by atoms with Crippen LogP contribution < -0.4 is 9.62 Å². The van der Waals surface area contributed by atoms with Gasteiger partial charge in [-0.2, -0.15) is 0 Å². The number of hydrogen-bond acceptors (Lipinski definition) is 4. The van der Waals surface area contributed by atoms with Crippen LogP contribution >= 0.6 is 11.6 Å². The second-order valence-electron chi connectivity index (χ2n) is 9.95. The lowest BCUT2D eigenvalue weighted by atomic mass is 10.0. The van der Waals surface area contributed by atoms with Gasteiger partial charge in [0, 0.05) is 37.0 Å². The van der Waals surface area contributed by atoms with Gasteiger partial charge in [-0.05, 0) is 55.2 Å². The third-order valence-corrected chi connectivity index (χ3v) is 8.14. The number of nitrogens with one attached hydrogen (secondary N) is 1. The molecule has 0 aliphatic heterocycles. The Hall–Kier alpha value is -3.36. The summed E-state index contributed by atoms with van der Waals surface area (Å²) in [7, 11) is -3.55. The predicted molar refractivity (Wildman–Crippen MR) is 162 cm³/mol. The fraction of sp³-hybridized carbons (Fsp3) is 0.355. The molecule has 9 heteroatoms. The maximum atomic E-state index is 13.8. The highest BCUT2D eigenvalue weighted by molar-refractivity contribution is 7.92. The van der Waals surface area contributed by atoms with Crippen LogP contribution in [0.3, 0.4) is 0 Å². The van der Waals surface area contributed by atoms with Crippen molar-refractivity contribution in [1.82, 2.24) is 10.2 Å². The van der Waals surface area contributed by atoms with Gasteiger partial charge >= 0.3 is 0 Å². The van der Waals surface area contributed by atoms with Crippen LogP contribution in [0.15, 0.2) is 84.9 Å². The van der Waals surface area contributed by atoms with E-state index < -0.39 is 16.1 Å². The molecule has 2 atom stereocenters. The van der Waals surface area contributed by atoms with Crippen molar-refractivity contribution in [1.29, 1.82) is 0 Å². The highest BCUT2D eigenvalue weighted by Crippen LogP contribution is 2.21. The highest BCUT2D eigenvalue weighted by Gasteiger charge is 2.31. The molecule has 2 amide bonds. The molecule has 0 saturated carbocycles. The van der Waals surface area contributed by atoms with Gasteiger partial charge in [0.1, 0.15) is 6.04 Å². The Kier molecular flexibility index (Phi) is 11.6. The van der Waals surface area contributed by atoms with Gasteiger partial charge in [0.05, 0.1) is 11.9 Å². The molecular formula is C31H38ClN3O4S. The summed E-state index contributed by atoms with van der Waals surface area (Å²) in [4.78, 5) is 29.0. The molecule has 0 aromatic heterocycles. The van der Waals surface area contributed by atoms with Crippen LogP contribution in [0, 0.1) is 0 Å². The van der Waals surface area contributed by atoms with Crippen molar-refractivity contribution in [3.63, 3.8) is 0 Å². The lowest BCUT2D eigenvalue weighted by Crippen LogP contribution is -2.52. The molecule has 7 nitrogen and oxygen atoms in total. The molecule has 0 saturated heterocycles. The minimum atomic E-state index is -3.55. The van der Waals surface area contributed by atoms with E-state index >= 15 is 0 Å². The molecule has 0 bridgehead atoms. The zero-order valence-electron chi connectivity index (χ0n) is 23.3. The number of amides is 2. The Morgan fingerprint density at radius 1 is 0.925 bits per heavy atom. The highest BCUT2D eigenvalue weighted by atomic mass is 35.5. The Bertz CT molecular complexity index is 1350. The van der Waals surface area contributed by atoms with Gasteiger partial charge in [-0.15, -0.1) is 0 Å². The van der Waals surface area contributed by atoms with Gasteiger partial charge in [0.25, 0.3) is 0 Å². The van der Waals surface area contributed by atoms with E-state index in [0.29, 0.717) is 17.1 Å². The number of anilines is 1. The normalized spacial score (nSPS) is 12.8. The molecule has 0 aliphatic rings. The van der Waals surface area contributed by atoms with Gasteiger partial charge in [0.2, 0.25) is 21.8 Å². The topological polar surface area (TPSA) is 86.8 Å². The molecule has 0 aliphatic carbocycles. The number of benzene rings is 3. The molecule has 0 heterocycles. The number of para-hydroxylation sites is 1. The number of halogens is 1. The first-order valence-corrected chi connectivity index (χ1v) is 15.7. The lowest BCUT2D eigenvalue weighted by molar-refractivity contribution is -0.141. The molecule has 0 spiro atoms. The second kappa shape index (κ2) is 14.9. The zero-order chi connectivity index (χ0) is 29.1. The summed E-state index contributed by atoms with van der Waals surface area (Å²) in [6, 6.07) is 24.8. The third kappa shape index (κ3) is 9.38. The van der Waals surface area contributed by atoms with Crippen molar-refractivity contribution >= 4 is 39.1 Å². The van der Waals surface area contributed by atoms with Crippen molar-refractivity contribution in [3.8, 4) is 0 Å². The average Bonchev–Trinajstić information content (AvgIpc) is 2.93. The number of rotatable bonds is 14. The standard InChI is InChI=1S/C31H38ClN3O4S/c1-4-24(2)33-31(37)29(22-25-13-7-5-8-14-25)34(23-26-15-11-16-27(32)21-26)30(36)19-12-20-35(40(3,38)39)28-17-9-6-10-18-28/h5-11,13-18,21,24,29H,4,12,19-20,22-23H2,1-3H3,(H,33,37)/t24-,29-/m0/s1. The second-order valence-corrected chi connectivity index (χ2v) is 12.3. The fourth-order valence-electron chi connectivity index (χ4n) is 4.43. The number of sulfonamides is 1. The van der Waals surface area contributed by atoms with E-state index in [2.05, 4.69) is 5.32 Å². The predicted octanol–water partition coefficient (Wildman–Crippen LogP) is 5.44. The van der Waals surface area contributed by atoms with Crippen LogP contribution in [0.4, 0.5) is 5.69 Å². The summed E-state index contributed by atoms with van der Waals surface area (Å²) in [5, 5.41) is 3.59. The van der Waals surface area contributed by atoms with E-state index in [4.69, 9.17) is 11.6 Å². The summed E-state index contributed by atoms with van der Waals surface area (Å²) in [6.45, 7) is 4.26. The smallest absolute Gasteiger partial charge is 0.243 e. The summed E-state index contributed by atoms with van der Waals surface area (Å²) >= 11 is 6.24. The fourth-order valence-corrected chi connectivity index (χ4v) is 5.60. The summed E-state index contributed by atoms with van der Waals surface area (Å²) < 4.78 is 26.3. The summed E-state index contributed by atoms with van der Waals surface area (Å²) in [5.74, 6) is -0.461. The molecule has 0 fully saturated rings. The molecule has 40 heavy (non-hydrogen) atoms.